The molecule has 1 aliphatic rings. The fraction of sp³-hybridized carbons (Fsp3) is 0.670. The van der Waals surface area contributed by atoms with E-state index in [9.17, 15) is 156 Å². The molecule has 0 spiro atoms. The number of nitrogens with two attached hydrogens (primary N) is 2. The van der Waals surface area contributed by atoms with Gasteiger partial charge in [-0.3, -0.25) is 110 Å². The van der Waals surface area contributed by atoms with E-state index in [1.807, 2.05) is 0 Å². The third-order valence-corrected chi connectivity index (χ3v) is 24.7. The number of carboxylic acids is 5. The van der Waals surface area contributed by atoms with E-state index < -0.39 is 350 Å². The number of carboxylic acid groups (broad SMARTS) is 5. The highest BCUT2D eigenvalue weighted by Crippen LogP contribution is 2.22. The molecule has 2 rings (SSSR count). The van der Waals surface area contributed by atoms with Crippen LogP contribution < -0.4 is 102 Å². The summed E-state index contributed by atoms with van der Waals surface area (Å²) in [5, 5.41) is 120. The van der Waals surface area contributed by atoms with Gasteiger partial charge >= 0.3 is 29.8 Å². The summed E-state index contributed by atoms with van der Waals surface area (Å²) in [6.07, 6.45) is -5.62. The van der Waals surface area contributed by atoms with Crippen molar-refractivity contribution in [1.82, 2.24) is 95.3 Å². The first kappa shape index (κ1) is 128. The number of carbonyl (C=O) groups is 24. The number of rotatable bonds is 67. The Hall–Kier alpha value is -13.0. The molecule has 0 radical (unpaired) electrons. The minimum Gasteiger partial charge on any atom is -0.481 e. The smallest absolute Gasteiger partial charge is 0.326 e. The van der Waals surface area contributed by atoms with Gasteiger partial charge < -0.3 is 148 Å². The van der Waals surface area contributed by atoms with Gasteiger partial charge in [-0.25, -0.2) is 4.79 Å². The predicted octanol–water partition coefficient (Wildman–Crippen LogP) is -7.01. The maximum atomic E-state index is 14.6. The zero-order valence-corrected chi connectivity index (χ0v) is 85.6. The Morgan fingerprint density at radius 3 is 1.19 bits per heavy atom. The third-order valence-electron chi connectivity index (χ3n) is 23.6. The highest BCUT2D eigenvalue weighted by molar-refractivity contribution is 7.98. The summed E-state index contributed by atoms with van der Waals surface area (Å²) in [7, 11) is 0. The molecule has 1 aromatic carbocycles. The lowest BCUT2D eigenvalue weighted by atomic mass is 9.95. The van der Waals surface area contributed by atoms with Crippen LogP contribution in [0.5, 0.6) is 0 Å². The molecule has 1 aliphatic heterocycles. The number of nitrogens with zero attached hydrogens (tertiary/aromatic N) is 1. The van der Waals surface area contributed by atoms with Crippen molar-refractivity contribution < 1.29 is 156 Å². The summed E-state index contributed by atoms with van der Waals surface area (Å²) in [6.45, 7) is 18.7. The molecular formula is C91H146N20O32S2. The van der Waals surface area contributed by atoms with E-state index in [-0.39, 0.29) is 76.0 Å². The van der Waals surface area contributed by atoms with E-state index in [2.05, 4.69) is 103 Å². The first-order valence-corrected chi connectivity index (χ1v) is 49.5. The normalized spacial score (nSPS) is 16.9. The van der Waals surface area contributed by atoms with Crippen LogP contribution in [0.2, 0.25) is 0 Å². The Balaban J connectivity index is 2.43. The van der Waals surface area contributed by atoms with Crippen molar-refractivity contribution in [3.63, 3.8) is 0 Å². The first-order chi connectivity index (χ1) is 67.8. The number of benzene rings is 1. The number of hydrogen-bond acceptors (Lipinski definition) is 30. The van der Waals surface area contributed by atoms with Crippen LogP contribution in [-0.4, -0.2) is 346 Å². The minimum atomic E-state index is -2.15. The molecule has 19 amide bonds. The number of nitrogens with one attached hydrogen (secondary N) is 17. The van der Waals surface area contributed by atoms with Gasteiger partial charge in [-0.15, -0.1) is 0 Å². The van der Waals surface area contributed by atoms with E-state index in [1.165, 1.54) is 46.4 Å². The van der Waals surface area contributed by atoms with Crippen LogP contribution in [0, 0.1) is 35.5 Å². The lowest BCUT2D eigenvalue weighted by Crippen LogP contribution is -2.62. The van der Waals surface area contributed by atoms with E-state index in [4.69, 9.17) is 11.5 Å². The largest absolute Gasteiger partial charge is 0.481 e. The van der Waals surface area contributed by atoms with Crippen LogP contribution in [0.25, 0.3) is 0 Å². The summed E-state index contributed by atoms with van der Waals surface area (Å²) in [4.78, 5) is 327. The van der Waals surface area contributed by atoms with Gasteiger partial charge in [0.05, 0.1) is 45.0 Å². The molecule has 52 nitrogen and oxygen atoms in total. The van der Waals surface area contributed by atoms with Crippen molar-refractivity contribution in [1.29, 1.82) is 0 Å². The maximum Gasteiger partial charge on any atom is 0.326 e. The van der Waals surface area contributed by atoms with Crippen molar-refractivity contribution in [2.45, 2.75) is 314 Å². The Bertz CT molecular complexity index is 4650. The van der Waals surface area contributed by atoms with Crippen LogP contribution in [0.4, 0.5) is 0 Å². The van der Waals surface area contributed by atoms with Gasteiger partial charge in [-0.1, -0.05) is 133 Å². The highest BCUT2D eigenvalue weighted by atomic mass is 32.2. The number of carbonyl (C=O) groups excluding carboxylic acids is 19. The second-order valence-electron chi connectivity index (χ2n) is 36.8. The lowest BCUT2D eigenvalue weighted by Gasteiger charge is -2.31. The SMILES string of the molecule is CC[C@H](C)[C@H](NC(=O)[C@H](CC(N)=O)NC(=O)[C@H](CCC(=O)O)NC(=O)[C@H](CC(C)C)NC(=O)[C@H](C)NC(=O)[C@H](CC(=O)O)NC(=O)[C@@H]1CCCN1C(=O)[C@H](CO)NC(=O)[C@H](CC(=O)O)NC(=O)[C@@H](NC(=O)[C@H](CO)NC(=O)[C@H](Cc1ccccc1)NC(=O)[C@H](CS)NC(=O)[C@H](CCSC)NC(=O)[C@H](CC(C)C)NC(=O)[C@@H](NC(=O)[C@@H](NC(=O)[C@H](CC(=O)O)NC(=O)[C@@H](N)[C@@H](C)O)C(C)C)[C@@H](C)CC)[C@@H](C)CC)C(=O)O. The van der Waals surface area contributed by atoms with Crippen LogP contribution in [0.15, 0.2) is 30.3 Å². The summed E-state index contributed by atoms with van der Waals surface area (Å²) in [5.41, 5.74) is 11.5. The third kappa shape index (κ3) is 44.3. The van der Waals surface area contributed by atoms with Crippen molar-refractivity contribution in [2.75, 3.05) is 37.5 Å². The summed E-state index contributed by atoms with van der Waals surface area (Å²) >= 11 is 5.60. The standard InChI is InChI=1S/C91H146N20O32S2/c1-16-44(10)70(88(139)103-57(36-66(120)121)80(131)105-60(39-113)90(141)111-29-22-25-62(111)85(136)100-56(35-65(118)119)76(127)94-47(13)73(124)97-52(31-41(4)5)77(128)95-50(26-27-64(116)117)74(125)99-55(34-63(92)115)81(132)110-72(91(142)143)46(12)18-3)108-83(134)59(38-112)104-79(130)54(33-49-23-20-19-21-24-49)98-84(135)61(40-144)106-75(126)51(28-30-145-15)96-78(129)53(32-42(6)7)102-89(140)71(45(11)17-2)109-87(138)69(43(8)9)107-82(133)58(37-67(122)123)101-86(137)68(93)48(14)114/h19-21,23-24,41-48,50-62,68-72,112-114,144H,16-18,22,25-40,93H2,1-15H3,(H2,92,115)(H,94,127)(H,95,128)(H,96,129)(H,97,124)(H,98,135)(H,99,125)(H,100,136)(H,101,137)(H,102,140)(H,103,139)(H,104,130)(H,105,131)(H,106,126)(H,107,133)(H,108,134)(H,109,138)(H,110,132)(H,116,117)(H,118,119)(H,120,121)(H,122,123)(H,142,143)/t44-,45-,46-,47-,48+,50-,51-,52-,53-,54-,55-,56-,57-,58-,59-,60-,61-,62-,68-,69-,70-,71-,72-/m0/s1. The van der Waals surface area contributed by atoms with E-state index in [0.717, 1.165) is 11.8 Å². The first-order valence-electron chi connectivity index (χ1n) is 47.5. The number of thiol groups is 1. The number of likely N-dealkylation sites (tertiary alicyclic amines) is 1. The summed E-state index contributed by atoms with van der Waals surface area (Å²) in [6, 6.07) is -24.3. The second-order valence-corrected chi connectivity index (χ2v) is 38.1. The Labute approximate surface area is 848 Å². The number of aliphatic hydroxyl groups is 3. The molecule has 0 saturated carbocycles. The highest BCUT2D eigenvalue weighted by Gasteiger charge is 2.45. The molecule has 814 valence electrons. The van der Waals surface area contributed by atoms with Crippen LogP contribution in [0.3, 0.4) is 0 Å². The monoisotopic (exact) mass is 2090 g/mol. The average molecular weight is 2100 g/mol. The van der Waals surface area contributed by atoms with Gasteiger partial charge in [0.2, 0.25) is 112 Å². The average Bonchev–Trinajstić information content (AvgIpc) is 1.64. The Morgan fingerprint density at radius 2 is 0.752 bits per heavy atom. The number of aliphatic carboxylic acids is 5. The second kappa shape index (κ2) is 64.0. The molecule has 1 aromatic rings. The maximum absolute atomic E-state index is 14.6. The molecule has 0 aromatic heterocycles. The molecule has 54 heteroatoms. The van der Waals surface area contributed by atoms with Crippen molar-refractivity contribution in [3.05, 3.63) is 35.9 Å². The predicted molar refractivity (Wildman–Crippen MR) is 521 cm³/mol. The van der Waals surface area contributed by atoms with E-state index in [1.54, 1.807) is 92.0 Å². The number of primary amides is 1. The van der Waals surface area contributed by atoms with Gasteiger partial charge in [-0.2, -0.15) is 24.4 Å². The summed E-state index contributed by atoms with van der Waals surface area (Å²) in [5.74, 6) is -33.2. The van der Waals surface area contributed by atoms with Gasteiger partial charge in [0.15, 0.2) is 0 Å². The van der Waals surface area contributed by atoms with E-state index in [0.29, 0.717) is 5.56 Å². The molecule has 0 aliphatic carbocycles. The van der Waals surface area contributed by atoms with E-state index >= 15 is 0 Å². The van der Waals surface area contributed by atoms with Gasteiger partial charge in [0.25, 0.3) is 0 Å². The molecule has 23 atom stereocenters. The number of aliphatic hydroxyl groups excluding tert-OH is 3. The van der Waals surface area contributed by atoms with Crippen LogP contribution >= 0.6 is 24.4 Å². The molecule has 145 heavy (non-hydrogen) atoms. The van der Waals surface area contributed by atoms with Crippen molar-refractivity contribution in [2.24, 2.45) is 47.0 Å². The topological polar surface area (TPSA) is 831 Å². The minimum absolute atomic E-state index is 0.0233. The van der Waals surface area contributed by atoms with Crippen molar-refractivity contribution >= 4 is 166 Å². The fourth-order valence-corrected chi connectivity index (χ4v) is 15.4. The summed E-state index contributed by atoms with van der Waals surface area (Å²) < 4.78 is 0. The number of amides is 19. The van der Waals surface area contributed by atoms with Gasteiger partial charge in [-0.05, 0) is 105 Å². The number of hydrogen-bond donors (Lipinski definition) is 28. The fourth-order valence-electron chi connectivity index (χ4n) is 14.6. The quantitative estimate of drug-likeness (QED) is 0.0270. The van der Waals surface area contributed by atoms with Crippen LogP contribution in [0.1, 0.15) is 192 Å². The Morgan fingerprint density at radius 1 is 0.400 bits per heavy atom. The number of thioether (sulfide) groups is 1. The van der Waals surface area contributed by atoms with Gasteiger partial charge in [0, 0.05) is 25.1 Å². The molecule has 1 fully saturated rings. The van der Waals surface area contributed by atoms with Gasteiger partial charge in [0.1, 0.15) is 115 Å². The van der Waals surface area contributed by atoms with Crippen LogP contribution in [-0.2, 0) is 121 Å². The molecule has 1 saturated heterocycles. The Kier molecular flexibility index (Phi) is 56.6. The molecule has 1 heterocycles. The zero-order chi connectivity index (χ0) is 110. The zero-order valence-electron chi connectivity index (χ0n) is 83.9. The van der Waals surface area contributed by atoms with Crippen molar-refractivity contribution in [3.8, 4) is 0 Å². The molecular weight excluding hydrogens is 1950 g/mol. The molecule has 29 N–H and O–H groups in total. The molecule has 0 unspecified atom stereocenters. The molecule has 0 bridgehead atoms. The lowest BCUT2D eigenvalue weighted by molar-refractivity contribution is -0.145.